The molecule has 2 aromatic rings. The fraction of sp³-hybridized carbons (Fsp3) is 0.214. The monoisotopic (exact) mass is 373 g/mol. The normalized spacial score (nSPS) is 12.2. The average molecular weight is 375 g/mol. The first-order valence-electron chi connectivity index (χ1n) is 6.20. The molecule has 0 spiro atoms. The Kier molecular flexibility index (Phi) is 5.39. The van der Waals surface area contributed by atoms with E-state index in [1.165, 1.54) is 12.1 Å². The van der Waals surface area contributed by atoms with Crippen LogP contribution in [0.25, 0.3) is 0 Å². The molecule has 0 aliphatic heterocycles. The number of nitrogens with zero attached hydrogens (tertiary/aromatic N) is 1. The predicted octanol–water partition coefficient (Wildman–Crippen LogP) is 3.17. The highest BCUT2D eigenvalue weighted by Gasteiger charge is 2.11. The van der Waals surface area contributed by atoms with E-state index in [0.29, 0.717) is 16.6 Å². The van der Waals surface area contributed by atoms with Crippen molar-refractivity contribution in [2.75, 3.05) is 12.3 Å². The van der Waals surface area contributed by atoms with Gasteiger partial charge in [-0.2, -0.15) is 0 Å². The van der Waals surface area contributed by atoms with E-state index in [0.717, 1.165) is 5.56 Å². The minimum Gasteiger partial charge on any atom is -0.488 e. The van der Waals surface area contributed by atoms with Gasteiger partial charge in [0, 0.05) is 12.1 Å². The maximum atomic E-state index is 13.1. The number of nitrogens with two attached hydrogens (primary N) is 2. The van der Waals surface area contributed by atoms with Gasteiger partial charge < -0.3 is 16.2 Å². The van der Waals surface area contributed by atoms with Crippen LogP contribution >= 0.6 is 27.5 Å². The number of benzene rings is 1. The van der Waals surface area contributed by atoms with Gasteiger partial charge in [-0.05, 0) is 40.0 Å². The van der Waals surface area contributed by atoms with Gasteiger partial charge >= 0.3 is 0 Å². The third-order valence-corrected chi connectivity index (χ3v) is 3.89. The molecule has 0 saturated heterocycles. The zero-order valence-corrected chi connectivity index (χ0v) is 13.4. The van der Waals surface area contributed by atoms with Crippen molar-refractivity contribution in [2.45, 2.75) is 12.5 Å². The Morgan fingerprint density at radius 3 is 2.86 bits per heavy atom. The van der Waals surface area contributed by atoms with Crippen molar-refractivity contribution in [2.24, 2.45) is 5.73 Å². The summed E-state index contributed by atoms with van der Waals surface area (Å²) < 4.78 is 19.2. The number of aromatic nitrogens is 1. The van der Waals surface area contributed by atoms with Crippen LogP contribution in [0.1, 0.15) is 5.56 Å². The zero-order valence-electron chi connectivity index (χ0n) is 11.0. The fourth-order valence-electron chi connectivity index (χ4n) is 1.80. The standard InChI is InChI=1S/C14H14BrClFN3O/c15-11-6-12(14(19)20-13(11)16)21-7-10(18)5-8-2-1-3-9(17)4-8/h1-4,6,10H,5,7,18H2,(H2,19,20)/t10-/m0/s1. The highest BCUT2D eigenvalue weighted by molar-refractivity contribution is 9.10. The lowest BCUT2D eigenvalue weighted by Crippen LogP contribution is -2.30. The van der Waals surface area contributed by atoms with Gasteiger partial charge in [-0.3, -0.25) is 0 Å². The van der Waals surface area contributed by atoms with Crippen LogP contribution in [0.15, 0.2) is 34.8 Å². The Morgan fingerprint density at radius 1 is 1.38 bits per heavy atom. The fourth-order valence-corrected chi connectivity index (χ4v) is 2.24. The molecule has 1 atom stereocenters. The summed E-state index contributed by atoms with van der Waals surface area (Å²) in [5, 5.41) is 0.268. The largest absolute Gasteiger partial charge is 0.488 e. The minimum atomic E-state index is -0.291. The smallest absolute Gasteiger partial charge is 0.167 e. The first-order valence-corrected chi connectivity index (χ1v) is 7.37. The van der Waals surface area contributed by atoms with Crippen molar-refractivity contribution >= 4 is 33.3 Å². The van der Waals surface area contributed by atoms with E-state index >= 15 is 0 Å². The van der Waals surface area contributed by atoms with Gasteiger partial charge in [-0.15, -0.1) is 0 Å². The molecule has 0 aliphatic carbocycles. The van der Waals surface area contributed by atoms with Crippen molar-refractivity contribution in [3.63, 3.8) is 0 Å². The van der Waals surface area contributed by atoms with Crippen LogP contribution in [0.4, 0.5) is 10.2 Å². The number of halogens is 3. The molecule has 0 fully saturated rings. The van der Waals surface area contributed by atoms with Crippen molar-refractivity contribution in [1.29, 1.82) is 0 Å². The summed E-state index contributed by atoms with van der Waals surface area (Å²) in [7, 11) is 0. The summed E-state index contributed by atoms with van der Waals surface area (Å²) in [6.45, 7) is 0.233. The first-order chi connectivity index (χ1) is 9.95. The van der Waals surface area contributed by atoms with E-state index in [1.807, 2.05) is 6.07 Å². The lowest BCUT2D eigenvalue weighted by Gasteiger charge is -2.14. The Hall–Kier alpha value is -1.37. The second-order valence-electron chi connectivity index (χ2n) is 4.55. The lowest BCUT2D eigenvalue weighted by molar-refractivity contribution is 0.288. The van der Waals surface area contributed by atoms with Crippen LogP contribution in [0.3, 0.4) is 0 Å². The van der Waals surface area contributed by atoms with Gasteiger partial charge in [0.1, 0.15) is 17.6 Å². The van der Waals surface area contributed by atoms with Crippen LogP contribution in [-0.4, -0.2) is 17.6 Å². The summed E-state index contributed by atoms with van der Waals surface area (Å²) in [6, 6.07) is 7.66. The number of nitrogen functional groups attached to an aromatic ring is 1. The van der Waals surface area contributed by atoms with Crippen molar-refractivity contribution < 1.29 is 9.13 Å². The van der Waals surface area contributed by atoms with E-state index in [-0.39, 0.29) is 29.4 Å². The molecule has 1 aromatic heterocycles. The van der Waals surface area contributed by atoms with E-state index in [2.05, 4.69) is 20.9 Å². The third-order valence-electron chi connectivity index (χ3n) is 2.77. The van der Waals surface area contributed by atoms with Crippen LogP contribution in [0.2, 0.25) is 5.15 Å². The van der Waals surface area contributed by atoms with Crippen LogP contribution in [0.5, 0.6) is 5.75 Å². The van der Waals surface area contributed by atoms with Gasteiger partial charge in [0.15, 0.2) is 11.6 Å². The number of rotatable bonds is 5. The molecule has 1 heterocycles. The van der Waals surface area contributed by atoms with Gasteiger partial charge in [0.25, 0.3) is 0 Å². The molecule has 0 aliphatic rings. The number of hydrogen-bond donors (Lipinski definition) is 2. The minimum absolute atomic E-state index is 0.196. The molecule has 2 rings (SSSR count). The molecule has 7 heteroatoms. The molecule has 0 unspecified atom stereocenters. The van der Waals surface area contributed by atoms with Crippen molar-refractivity contribution in [1.82, 2.24) is 4.98 Å². The van der Waals surface area contributed by atoms with Gasteiger partial charge in [0.2, 0.25) is 0 Å². The second-order valence-corrected chi connectivity index (χ2v) is 5.76. The highest BCUT2D eigenvalue weighted by Crippen LogP contribution is 2.29. The Balaban J connectivity index is 1.95. The summed E-state index contributed by atoms with van der Waals surface area (Å²) >= 11 is 9.06. The average Bonchev–Trinajstić information content (AvgIpc) is 2.41. The van der Waals surface area contributed by atoms with Crippen LogP contribution in [0, 0.1) is 5.82 Å². The summed E-state index contributed by atoms with van der Waals surface area (Å²) in [6.07, 6.45) is 0.500. The Bertz CT molecular complexity index is 642. The maximum Gasteiger partial charge on any atom is 0.167 e. The van der Waals surface area contributed by atoms with E-state index in [9.17, 15) is 4.39 Å². The number of hydrogen-bond acceptors (Lipinski definition) is 4. The van der Waals surface area contributed by atoms with Crippen LogP contribution in [-0.2, 0) is 6.42 Å². The second kappa shape index (κ2) is 7.06. The van der Waals surface area contributed by atoms with E-state index in [1.54, 1.807) is 12.1 Å². The molecule has 4 N–H and O–H groups in total. The first kappa shape index (κ1) is 16.0. The molecular weight excluding hydrogens is 361 g/mol. The molecular formula is C14H14BrClFN3O. The SMILES string of the molecule is Nc1nc(Cl)c(Br)cc1OC[C@@H](N)Cc1cccc(F)c1. The molecule has 1 aromatic carbocycles. The quantitative estimate of drug-likeness (QED) is 0.788. The van der Waals surface area contributed by atoms with E-state index in [4.69, 9.17) is 27.8 Å². The third kappa shape index (κ3) is 4.56. The maximum absolute atomic E-state index is 13.1. The Morgan fingerprint density at radius 2 is 2.14 bits per heavy atom. The molecule has 4 nitrogen and oxygen atoms in total. The van der Waals surface area contributed by atoms with Crippen molar-refractivity contribution in [3.05, 3.63) is 51.3 Å². The molecule has 21 heavy (non-hydrogen) atoms. The summed E-state index contributed by atoms with van der Waals surface area (Å²) in [4.78, 5) is 3.93. The summed E-state index contributed by atoms with van der Waals surface area (Å²) in [5.41, 5.74) is 12.5. The van der Waals surface area contributed by atoms with E-state index < -0.39 is 0 Å². The van der Waals surface area contributed by atoms with Gasteiger partial charge in [0.05, 0.1) is 4.47 Å². The number of anilines is 1. The number of ether oxygens (including phenoxy) is 1. The molecule has 0 amide bonds. The molecule has 112 valence electrons. The Labute approximate surface area is 135 Å². The highest BCUT2D eigenvalue weighted by atomic mass is 79.9. The molecule has 0 radical (unpaired) electrons. The molecule has 0 bridgehead atoms. The predicted molar refractivity (Wildman–Crippen MR) is 84.9 cm³/mol. The van der Waals surface area contributed by atoms with Crippen LogP contribution < -0.4 is 16.2 Å². The summed E-state index contributed by atoms with van der Waals surface area (Å²) in [5.74, 6) is 0.317. The number of pyridine rings is 1. The van der Waals surface area contributed by atoms with Gasteiger partial charge in [-0.25, -0.2) is 9.37 Å². The topological polar surface area (TPSA) is 74.2 Å². The lowest BCUT2D eigenvalue weighted by atomic mass is 10.1. The van der Waals surface area contributed by atoms with Gasteiger partial charge in [-0.1, -0.05) is 23.7 Å². The van der Waals surface area contributed by atoms with Crippen molar-refractivity contribution in [3.8, 4) is 5.75 Å². The zero-order chi connectivity index (χ0) is 15.4. The molecule has 0 saturated carbocycles.